The van der Waals surface area contributed by atoms with Crippen molar-refractivity contribution >= 4 is 16.7 Å². The molecule has 1 aliphatic carbocycles. The number of hydrogen-bond acceptors (Lipinski definition) is 4. The normalized spacial score (nSPS) is 18.7. The molecule has 5 heteroatoms. The van der Waals surface area contributed by atoms with Gasteiger partial charge in [-0.1, -0.05) is 48.5 Å². The molecule has 1 unspecified atom stereocenters. The van der Waals surface area contributed by atoms with Crippen LogP contribution in [0.2, 0.25) is 0 Å². The quantitative estimate of drug-likeness (QED) is 0.661. The number of amides is 1. The highest BCUT2D eigenvalue weighted by Gasteiger charge is 2.27. The van der Waals surface area contributed by atoms with Crippen LogP contribution in [0.3, 0.4) is 0 Å². The van der Waals surface area contributed by atoms with Gasteiger partial charge in [0.1, 0.15) is 5.75 Å². The number of ether oxygens (including phenoxy) is 1. The van der Waals surface area contributed by atoms with Crippen LogP contribution in [-0.4, -0.2) is 54.2 Å². The second-order valence-corrected chi connectivity index (χ2v) is 8.90. The molecule has 5 nitrogen and oxygen atoms in total. The lowest BCUT2D eigenvalue weighted by molar-refractivity contribution is 0.0301. The molecular weight excluding hydrogens is 400 g/mol. The first-order valence-corrected chi connectivity index (χ1v) is 11.5. The number of aryl methyl sites for hydroxylation is 1. The average molecular weight is 431 g/mol. The van der Waals surface area contributed by atoms with Crippen LogP contribution >= 0.6 is 0 Å². The van der Waals surface area contributed by atoms with Crippen molar-refractivity contribution in [2.45, 2.75) is 31.8 Å². The van der Waals surface area contributed by atoms with E-state index in [1.807, 2.05) is 30.3 Å². The summed E-state index contributed by atoms with van der Waals surface area (Å²) in [6.45, 7) is 2.77. The van der Waals surface area contributed by atoms with Gasteiger partial charge >= 0.3 is 0 Å². The first kappa shape index (κ1) is 21.0. The van der Waals surface area contributed by atoms with Gasteiger partial charge in [-0.15, -0.1) is 0 Å². The van der Waals surface area contributed by atoms with E-state index in [1.54, 1.807) is 4.90 Å². The summed E-state index contributed by atoms with van der Waals surface area (Å²) in [5.41, 5.74) is 4.01. The van der Waals surface area contributed by atoms with Gasteiger partial charge in [0, 0.05) is 31.2 Å². The van der Waals surface area contributed by atoms with Crippen molar-refractivity contribution in [3.63, 3.8) is 0 Å². The molecule has 3 aromatic carbocycles. The smallest absolute Gasteiger partial charge is 0.257 e. The fraction of sp³-hybridized carbons (Fsp3) is 0.370. The van der Waals surface area contributed by atoms with Gasteiger partial charge in [-0.2, -0.15) is 0 Å². The van der Waals surface area contributed by atoms with Crippen LogP contribution in [0.15, 0.2) is 54.6 Å². The van der Waals surface area contributed by atoms with Crippen LogP contribution in [0.4, 0.5) is 0 Å². The molecule has 0 bridgehead atoms. The molecule has 1 aliphatic heterocycles. The molecule has 32 heavy (non-hydrogen) atoms. The molecule has 0 saturated carbocycles. The number of phenolic OH excluding ortho intramolecular Hbond substituents is 1. The number of phenols is 1. The zero-order valence-corrected chi connectivity index (χ0v) is 18.6. The number of carbonyl (C=O) groups is 1. The number of benzene rings is 3. The van der Waals surface area contributed by atoms with Crippen LogP contribution in [-0.2, 0) is 17.7 Å². The molecule has 0 spiro atoms. The largest absolute Gasteiger partial charge is 0.507 e. The minimum Gasteiger partial charge on any atom is -0.507 e. The lowest BCUT2D eigenvalue weighted by atomic mass is 9.86. The third-order valence-corrected chi connectivity index (χ3v) is 6.93. The lowest BCUT2D eigenvalue weighted by Gasteiger charge is -2.34. The molecule has 1 saturated heterocycles. The van der Waals surface area contributed by atoms with Crippen molar-refractivity contribution in [3.8, 4) is 5.75 Å². The molecule has 1 heterocycles. The molecule has 0 aromatic heterocycles. The van der Waals surface area contributed by atoms with E-state index >= 15 is 0 Å². The number of fused-ring (bicyclic) bond motifs is 2. The highest BCUT2D eigenvalue weighted by Crippen LogP contribution is 2.38. The summed E-state index contributed by atoms with van der Waals surface area (Å²) < 4.78 is 5.40. The third-order valence-electron chi connectivity index (χ3n) is 6.93. The van der Waals surface area contributed by atoms with Gasteiger partial charge in [-0.25, -0.2) is 0 Å². The van der Waals surface area contributed by atoms with E-state index in [-0.39, 0.29) is 11.7 Å². The standard InChI is InChI=1S/C27H30N2O3/c1-28(25-12-6-9-19-7-2-5-11-22(19)25)18-24-21-10-4-3-8-20(21)17-23(26(24)30)27(31)29-13-15-32-16-14-29/h2-5,7-8,10-11,17,25,30H,6,9,12-16,18H2,1H3. The maximum Gasteiger partial charge on any atom is 0.257 e. The summed E-state index contributed by atoms with van der Waals surface area (Å²) in [6, 6.07) is 18.8. The van der Waals surface area contributed by atoms with Crippen LogP contribution in [0, 0.1) is 0 Å². The molecule has 2 aliphatic rings. The summed E-state index contributed by atoms with van der Waals surface area (Å²) in [4.78, 5) is 17.4. The number of morpholine rings is 1. The summed E-state index contributed by atoms with van der Waals surface area (Å²) in [6.07, 6.45) is 3.38. The average Bonchev–Trinajstić information content (AvgIpc) is 2.85. The van der Waals surface area contributed by atoms with Crippen molar-refractivity contribution < 1.29 is 14.6 Å². The number of rotatable bonds is 4. The predicted octanol–water partition coefficient (Wildman–Crippen LogP) is 4.53. The topological polar surface area (TPSA) is 53.0 Å². The highest BCUT2D eigenvalue weighted by molar-refractivity contribution is 6.03. The molecule has 1 atom stereocenters. The van der Waals surface area contributed by atoms with Crippen LogP contribution in [0.5, 0.6) is 5.75 Å². The fourth-order valence-corrected chi connectivity index (χ4v) is 5.22. The Morgan fingerprint density at radius 3 is 2.72 bits per heavy atom. The first-order chi connectivity index (χ1) is 15.6. The van der Waals surface area contributed by atoms with Gasteiger partial charge in [0.05, 0.1) is 18.8 Å². The minimum absolute atomic E-state index is 0.108. The number of nitrogens with zero attached hydrogens (tertiary/aromatic N) is 2. The Morgan fingerprint density at radius 1 is 1.12 bits per heavy atom. The Labute approximate surface area is 189 Å². The van der Waals surface area contributed by atoms with Crippen molar-refractivity contribution in [3.05, 3.63) is 76.9 Å². The van der Waals surface area contributed by atoms with Crippen LogP contribution < -0.4 is 0 Å². The van der Waals surface area contributed by atoms with Gasteiger partial charge < -0.3 is 14.7 Å². The molecule has 5 rings (SSSR count). The molecule has 0 radical (unpaired) electrons. The van der Waals surface area contributed by atoms with Crippen molar-refractivity contribution in [2.75, 3.05) is 33.4 Å². The Morgan fingerprint density at radius 2 is 1.88 bits per heavy atom. The Hall–Kier alpha value is -2.89. The van der Waals surface area contributed by atoms with Crippen molar-refractivity contribution in [1.82, 2.24) is 9.80 Å². The SMILES string of the molecule is CN(Cc1c(O)c(C(=O)N2CCOCC2)cc2ccccc12)C1CCCc2ccccc21. The monoisotopic (exact) mass is 430 g/mol. The summed E-state index contributed by atoms with van der Waals surface area (Å²) in [5, 5.41) is 13.3. The van der Waals surface area contributed by atoms with Gasteiger partial charge in [-0.05, 0) is 54.3 Å². The van der Waals surface area contributed by atoms with Gasteiger partial charge in [0.15, 0.2) is 0 Å². The fourth-order valence-electron chi connectivity index (χ4n) is 5.22. The van der Waals surface area contributed by atoms with Crippen molar-refractivity contribution in [2.24, 2.45) is 0 Å². The number of aromatic hydroxyl groups is 1. The Balaban J connectivity index is 1.52. The zero-order chi connectivity index (χ0) is 22.1. The number of hydrogen-bond donors (Lipinski definition) is 1. The third kappa shape index (κ3) is 3.87. The minimum atomic E-state index is -0.122. The van der Waals surface area contributed by atoms with Gasteiger partial charge in [-0.3, -0.25) is 9.69 Å². The maximum absolute atomic E-state index is 13.3. The summed E-state index contributed by atoms with van der Waals surface area (Å²) >= 11 is 0. The van der Waals surface area contributed by atoms with E-state index in [9.17, 15) is 9.90 Å². The van der Waals surface area contributed by atoms with Gasteiger partial charge in [0.25, 0.3) is 5.91 Å². The lowest BCUT2D eigenvalue weighted by Crippen LogP contribution is -2.40. The molecule has 1 N–H and O–H groups in total. The van der Waals surface area contributed by atoms with Gasteiger partial charge in [0.2, 0.25) is 0 Å². The number of carbonyl (C=O) groups excluding carboxylic acids is 1. The van der Waals surface area contributed by atoms with E-state index in [0.29, 0.717) is 44.5 Å². The first-order valence-electron chi connectivity index (χ1n) is 11.5. The van der Waals surface area contributed by atoms with E-state index in [0.717, 1.165) is 35.6 Å². The van der Waals surface area contributed by atoms with E-state index in [1.165, 1.54) is 11.1 Å². The van der Waals surface area contributed by atoms with E-state index in [4.69, 9.17) is 4.74 Å². The van der Waals surface area contributed by atoms with Crippen LogP contribution in [0.25, 0.3) is 10.8 Å². The molecule has 1 fully saturated rings. The second-order valence-electron chi connectivity index (χ2n) is 8.90. The molecule has 1 amide bonds. The summed E-state index contributed by atoms with van der Waals surface area (Å²) in [5.74, 6) is -0.0143. The van der Waals surface area contributed by atoms with Crippen molar-refractivity contribution in [1.29, 1.82) is 0 Å². The predicted molar refractivity (Wildman–Crippen MR) is 126 cm³/mol. The maximum atomic E-state index is 13.3. The van der Waals surface area contributed by atoms with Crippen LogP contribution in [0.1, 0.15) is 45.9 Å². The molecule has 166 valence electrons. The zero-order valence-electron chi connectivity index (χ0n) is 18.6. The molecular formula is C27H30N2O3. The Bertz CT molecular complexity index is 1140. The second kappa shape index (κ2) is 8.93. The highest BCUT2D eigenvalue weighted by atomic mass is 16.5. The van der Waals surface area contributed by atoms with E-state index < -0.39 is 0 Å². The molecule has 3 aromatic rings. The van der Waals surface area contributed by atoms with E-state index in [2.05, 4.69) is 36.2 Å². The summed E-state index contributed by atoms with van der Waals surface area (Å²) in [7, 11) is 2.12. The Kier molecular flexibility index (Phi) is 5.85.